The lowest BCUT2D eigenvalue weighted by atomic mass is 10.1. The van der Waals surface area contributed by atoms with Crippen molar-refractivity contribution in [2.45, 2.75) is 13.0 Å². The largest absolute Gasteiger partial charge is 0.481 e. The second-order valence-corrected chi connectivity index (χ2v) is 5.14. The molecule has 0 radical (unpaired) electrons. The summed E-state index contributed by atoms with van der Waals surface area (Å²) in [5.41, 5.74) is 2.96. The number of fused-ring (bicyclic) bond motifs is 1. The average Bonchev–Trinajstić information content (AvgIpc) is 2.81. The van der Waals surface area contributed by atoms with Gasteiger partial charge in [0.05, 0.1) is 12.1 Å². The van der Waals surface area contributed by atoms with E-state index in [0.717, 1.165) is 22.8 Å². The highest BCUT2D eigenvalue weighted by molar-refractivity contribution is 5.95. The second-order valence-electron chi connectivity index (χ2n) is 5.14. The molecule has 4 heteroatoms. The second kappa shape index (κ2) is 5.85. The number of para-hydroxylation sites is 1. The maximum atomic E-state index is 11.6. The fraction of sp³-hybridized carbons (Fsp3) is 0.111. The number of hydrogen-bond acceptors (Lipinski definition) is 2. The highest BCUT2D eigenvalue weighted by Gasteiger charge is 2.18. The molecule has 0 saturated carbocycles. The standard InChI is InChI=1S/C18H15NO3/c20-12-17-15(10-18(21)22)14-8-4-5-9-16(14)19(17)11-13-6-2-1-3-7-13/h1-9,12H,10-11H2,(H,21,22). The number of nitrogens with zero attached hydrogens (tertiary/aromatic N) is 1. The molecule has 0 unspecified atom stereocenters. The fourth-order valence-corrected chi connectivity index (χ4v) is 2.80. The van der Waals surface area contributed by atoms with Crippen molar-refractivity contribution in [3.63, 3.8) is 0 Å². The molecule has 1 aromatic heterocycles. The Hall–Kier alpha value is -2.88. The molecule has 0 aliphatic carbocycles. The molecule has 0 fully saturated rings. The minimum absolute atomic E-state index is 0.156. The van der Waals surface area contributed by atoms with E-state index < -0.39 is 5.97 Å². The van der Waals surface area contributed by atoms with Crippen LogP contribution in [-0.4, -0.2) is 21.9 Å². The topological polar surface area (TPSA) is 59.3 Å². The van der Waals surface area contributed by atoms with Gasteiger partial charge in [0, 0.05) is 17.4 Å². The molecule has 2 aromatic carbocycles. The number of aromatic nitrogens is 1. The van der Waals surface area contributed by atoms with Gasteiger partial charge in [0.15, 0.2) is 6.29 Å². The molecular weight excluding hydrogens is 278 g/mol. The Morgan fingerprint density at radius 1 is 1.05 bits per heavy atom. The van der Waals surface area contributed by atoms with Crippen molar-refractivity contribution >= 4 is 23.2 Å². The molecule has 0 amide bonds. The third-order valence-electron chi connectivity index (χ3n) is 3.74. The van der Waals surface area contributed by atoms with Gasteiger partial charge in [-0.25, -0.2) is 0 Å². The number of rotatable bonds is 5. The summed E-state index contributed by atoms with van der Waals surface area (Å²) in [5, 5.41) is 9.94. The molecule has 1 heterocycles. The third kappa shape index (κ3) is 2.51. The first-order valence-electron chi connectivity index (χ1n) is 7.01. The molecule has 4 nitrogen and oxygen atoms in total. The predicted molar refractivity (Wildman–Crippen MR) is 84.2 cm³/mol. The van der Waals surface area contributed by atoms with Crippen molar-refractivity contribution in [2.75, 3.05) is 0 Å². The van der Waals surface area contributed by atoms with E-state index in [2.05, 4.69) is 0 Å². The molecule has 110 valence electrons. The smallest absolute Gasteiger partial charge is 0.307 e. The van der Waals surface area contributed by atoms with E-state index in [-0.39, 0.29) is 6.42 Å². The van der Waals surface area contributed by atoms with Gasteiger partial charge in [0.25, 0.3) is 0 Å². The molecule has 3 aromatic rings. The summed E-state index contributed by atoms with van der Waals surface area (Å²) in [7, 11) is 0. The number of carbonyl (C=O) groups is 2. The highest BCUT2D eigenvalue weighted by Crippen LogP contribution is 2.27. The van der Waals surface area contributed by atoms with Crippen LogP contribution in [-0.2, 0) is 17.8 Å². The van der Waals surface area contributed by atoms with Gasteiger partial charge in [-0.05, 0) is 17.2 Å². The zero-order valence-corrected chi connectivity index (χ0v) is 11.9. The predicted octanol–water partition coefficient (Wildman–Crippen LogP) is 3.13. The molecule has 0 atom stereocenters. The molecule has 1 N–H and O–H groups in total. The third-order valence-corrected chi connectivity index (χ3v) is 3.74. The van der Waals surface area contributed by atoms with Crippen LogP contribution in [0.2, 0.25) is 0 Å². The number of carboxylic acids is 1. The van der Waals surface area contributed by atoms with Crippen molar-refractivity contribution < 1.29 is 14.7 Å². The normalized spacial score (nSPS) is 10.7. The number of carboxylic acid groups (broad SMARTS) is 1. The van der Waals surface area contributed by atoms with Gasteiger partial charge in [-0.15, -0.1) is 0 Å². The quantitative estimate of drug-likeness (QED) is 0.735. The average molecular weight is 293 g/mol. The van der Waals surface area contributed by atoms with Gasteiger partial charge >= 0.3 is 5.97 Å². The van der Waals surface area contributed by atoms with Gasteiger partial charge in [0.1, 0.15) is 0 Å². The van der Waals surface area contributed by atoms with Crippen molar-refractivity contribution in [2.24, 2.45) is 0 Å². The Morgan fingerprint density at radius 2 is 1.73 bits per heavy atom. The summed E-state index contributed by atoms with van der Waals surface area (Å²) >= 11 is 0. The zero-order valence-electron chi connectivity index (χ0n) is 11.9. The summed E-state index contributed by atoms with van der Waals surface area (Å²) < 4.78 is 1.88. The lowest BCUT2D eigenvalue weighted by molar-refractivity contribution is -0.136. The Labute approximate surface area is 127 Å². The molecule has 0 aliphatic rings. The summed E-state index contributed by atoms with van der Waals surface area (Å²) in [6, 6.07) is 17.3. The van der Waals surface area contributed by atoms with Gasteiger partial charge in [-0.2, -0.15) is 0 Å². The van der Waals surface area contributed by atoms with Crippen LogP contribution in [0.3, 0.4) is 0 Å². The monoisotopic (exact) mass is 293 g/mol. The summed E-state index contributed by atoms with van der Waals surface area (Å²) in [5.74, 6) is -0.939. The number of benzene rings is 2. The molecule has 0 aliphatic heterocycles. The number of aldehydes is 1. The van der Waals surface area contributed by atoms with Crippen molar-refractivity contribution in [1.29, 1.82) is 0 Å². The zero-order chi connectivity index (χ0) is 15.5. The lowest BCUT2D eigenvalue weighted by Gasteiger charge is -2.08. The summed E-state index contributed by atoms with van der Waals surface area (Å²) in [6.45, 7) is 0.537. The number of hydrogen-bond donors (Lipinski definition) is 1. The van der Waals surface area contributed by atoms with Gasteiger partial charge in [0.2, 0.25) is 0 Å². The van der Waals surface area contributed by atoms with Crippen LogP contribution in [0, 0.1) is 0 Å². The van der Waals surface area contributed by atoms with E-state index in [4.69, 9.17) is 5.11 Å². The van der Waals surface area contributed by atoms with Crippen molar-refractivity contribution in [3.8, 4) is 0 Å². The van der Waals surface area contributed by atoms with Crippen LogP contribution in [0.1, 0.15) is 21.6 Å². The van der Waals surface area contributed by atoms with Crippen LogP contribution >= 0.6 is 0 Å². The van der Waals surface area contributed by atoms with Crippen LogP contribution in [0.15, 0.2) is 54.6 Å². The van der Waals surface area contributed by atoms with Crippen molar-refractivity contribution in [3.05, 3.63) is 71.4 Å². The molecule has 0 spiro atoms. The maximum absolute atomic E-state index is 11.6. The van der Waals surface area contributed by atoms with E-state index in [1.165, 1.54) is 0 Å². The van der Waals surface area contributed by atoms with E-state index >= 15 is 0 Å². The molecule has 0 bridgehead atoms. The van der Waals surface area contributed by atoms with E-state index in [0.29, 0.717) is 17.8 Å². The van der Waals surface area contributed by atoms with Gasteiger partial charge in [-0.3, -0.25) is 9.59 Å². The Balaban J connectivity index is 2.20. The van der Waals surface area contributed by atoms with E-state index in [1.54, 1.807) is 0 Å². The first-order chi connectivity index (χ1) is 10.7. The van der Waals surface area contributed by atoms with E-state index in [1.807, 2.05) is 59.2 Å². The number of carbonyl (C=O) groups excluding carboxylic acids is 1. The van der Waals surface area contributed by atoms with Gasteiger partial charge < -0.3 is 9.67 Å². The molecule has 0 saturated heterocycles. The Kier molecular flexibility index (Phi) is 3.74. The Bertz CT molecular complexity index is 834. The van der Waals surface area contributed by atoms with Crippen LogP contribution in [0.25, 0.3) is 10.9 Å². The summed E-state index contributed by atoms with van der Waals surface area (Å²) in [4.78, 5) is 22.7. The fourth-order valence-electron chi connectivity index (χ4n) is 2.80. The lowest BCUT2D eigenvalue weighted by Crippen LogP contribution is -2.07. The Morgan fingerprint density at radius 3 is 2.41 bits per heavy atom. The highest BCUT2D eigenvalue weighted by atomic mass is 16.4. The first kappa shape index (κ1) is 14.1. The molecular formula is C18H15NO3. The van der Waals surface area contributed by atoms with E-state index in [9.17, 15) is 9.59 Å². The maximum Gasteiger partial charge on any atom is 0.307 e. The minimum atomic E-state index is -0.939. The number of aliphatic carboxylic acids is 1. The van der Waals surface area contributed by atoms with Crippen LogP contribution in [0.5, 0.6) is 0 Å². The van der Waals surface area contributed by atoms with Crippen LogP contribution in [0.4, 0.5) is 0 Å². The first-order valence-corrected chi connectivity index (χ1v) is 7.01. The molecule has 3 rings (SSSR count). The van der Waals surface area contributed by atoms with Crippen molar-refractivity contribution in [1.82, 2.24) is 4.57 Å². The summed E-state index contributed by atoms with van der Waals surface area (Å²) in [6.07, 6.45) is 0.595. The van der Waals surface area contributed by atoms with Crippen LogP contribution < -0.4 is 0 Å². The van der Waals surface area contributed by atoms with Gasteiger partial charge in [-0.1, -0.05) is 48.5 Å². The molecule has 22 heavy (non-hydrogen) atoms. The minimum Gasteiger partial charge on any atom is -0.481 e. The SMILES string of the molecule is O=Cc1c(CC(=O)O)c2ccccc2n1Cc1ccccc1.